The van der Waals surface area contributed by atoms with Crippen molar-refractivity contribution in [2.75, 3.05) is 0 Å². The van der Waals surface area contributed by atoms with Crippen molar-refractivity contribution in [3.8, 4) is 0 Å². The topological polar surface area (TPSA) is 0 Å². The van der Waals surface area contributed by atoms with Gasteiger partial charge in [0, 0.05) is 10.5 Å². The van der Waals surface area contributed by atoms with Crippen LogP contribution in [-0.2, 0) is 0 Å². The van der Waals surface area contributed by atoms with Crippen LogP contribution in [-0.4, -0.2) is 21.0 Å². The normalized spacial score (nSPS) is 11.2. The summed E-state index contributed by atoms with van der Waals surface area (Å²) in [7, 11) is 3.91. The highest BCUT2D eigenvalue weighted by Gasteiger charge is 1.97. The molecule has 0 aliphatic heterocycles. The molecule has 0 unspecified atom stereocenters. The Balaban J connectivity index is 0. The third kappa shape index (κ3) is 25.4. The summed E-state index contributed by atoms with van der Waals surface area (Å²) in [6.45, 7) is 17.8. The maximum absolute atomic E-state index is 2.23. The van der Waals surface area contributed by atoms with Gasteiger partial charge in [-0.25, -0.2) is 0 Å². The van der Waals surface area contributed by atoms with E-state index in [-0.39, 0.29) is 0 Å². The first kappa shape index (κ1) is 18.4. The Hall–Kier alpha value is 1.05. The highest BCUT2D eigenvalue weighted by molar-refractivity contribution is 8.77. The van der Waals surface area contributed by atoms with Gasteiger partial charge in [-0.3, -0.25) is 0 Å². The smallest absolute Gasteiger partial charge is 0.00945 e. The molecule has 0 amide bonds. The largest absolute Gasteiger partial charge is 0.156 e. The molecule has 0 aromatic heterocycles. The van der Waals surface area contributed by atoms with Gasteiger partial charge in [0.15, 0.2) is 0 Å². The van der Waals surface area contributed by atoms with E-state index >= 15 is 0 Å². The molecule has 0 N–H and O–H groups in total. The molecular weight excluding hydrogens is 240 g/mol. The molecule has 0 atom stereocenters. The van der Waals surface area contributed by atoms with Gasteiger partial charge in [-0.05, 0) is 10.5 Å². The second kappa shape index (κ2) is 11.5. The minimum absolute atomic E-state index is 0.766. The monoisotopic (exact) mass is 268 g/mol. The first-order valence-electron chi connectivity index (χ1n) is 5.73. The van der Waals surface area contributed by atoms with Gasteiger partial charge in [0.1, 0.15) is 0 Å². The fourth-order valence-electron chi connectivity index (χ4n) is 0.767. The SMILES string of the molecule is CC(C)SC(C)C.CC(C)SSC(C)C. The molecule has 0 radical (unpaired) electrons. The lowest BCUT2D eigenvalue weighted by atomic mass is 10.6. The van der Waals surface area contributed by atoms with E-state index in [0.717, 1.165) is 21.0 Å². The number of rotatable bonds is 5. The summed E-state index contributed by atoms with van der Waals surface area (Å²) in [6, 6.07) is 0. The predicted octanol–water partition coefficient (Wildman–Crippen LogP) is 5.72. The van der Waals surface area contributed by atoms with E-state index in [1.54, 1.807) is 0 Å². The van der Waals surface area contributed by atoms with Crippen LogP contribution in [0.1, 0.15) is 55.4 Å². The van der Waals surface area contributed by atoms with Gasteiger partial charge < -0.3 is 0 Å². The van der Waals surface area contributed by atoms with Crippen molar-refractivity contribution >= 4 is 33.3 Å². The fraction of sp³-hybridized carbons (Fsp3) is 1.00. The molecule has 0 spiro atoms. The van der Waals surface area contributed by atoms with Crippen LogP contribution in [0.5, 0.6) is 0 Å². The quantitative estimate of drug-likeness (QED) is 0.585. The Morgan fingerprint density at radius 2 is 0.733 bits per heavy atom. The zero-order valence-corrected chi connectivity index (χ0v) is 14.0. The third-order valence-corrected chi connectivity index (χ3v) is 5.60. The van der Waals surface area contributed by atoms with Crippen LogP contribution in [0.3, 0.4) is 0 Å². The molecule has 3 heteroatoms. The molecular formula is C12H28S3. The Morgan fingerprint density at radius 3 is 0.800 bits per heavy atom. The summed E-state index contributed by atoms with van der Waals surface area (Å²) >= 11 is 2.01. The lowest BCUT2D eigenvalue weighted by Gasteiger charge is -2.05. The fourth-order valence-corrected chi connectivity index (χ4v) is 3.63. The molecule has 0 rings (SSSR count). The Morgan fingerprint density at radius 1 is 0.467 bits per heavy atom. The molecule has 0 fully saturated rings. The molecule has 0 aromatic rings. The molecule has 15 heavy (non-hydrogen) atoms. The molecule has 0 saturated heterocycles. The molecule has 0 nitrogen and oxygen atoms in total. The van der Waals surface area contributed by atoms with Gasteiger partial charge in [0.2, 0.25) is 0 Å². The number of hydrogen-bond acceptors (Lipinski definition) is 3. The minimum atomic E-state index is 0.766. The standard InChI is InChI=1S/C6H14S2.C6H14S/c1-5(2)7-8-6(3)4;1-5(2)7-6(3)4/h5-6H,1-4H3;5-6H,1-4H3. The summed E-state index contributed by atoms with van der Waals surface area (Å²) in [5, 5.41) is 3.12. The van der Waals surface area contributed by atoms with E-state index in [4.69, 9.17) is 0 Å². The highest BCUT2D eigenvalue weighted by atomic mass is 33.1. The average Bonchev–Trinajstić information content (AvgIpc) is 1.99. The first-order valence-corrected chi connectivity index (χ1v) is 8.95. The minimum Gasteiger partial charge on any atom is -0.156 e. The molecule has 0 saturated carbocycles. The molecule has 0 aromatic carbocycles. The van der Waals surface area contributed by atoms with Crippen molar-refractivity contribution in [1.82, 2.24) is 0 Å². The maximum atomic E-state index is 2.23. The third-order valence-electron chi connectivity index (χ3n) is 0.985. The lowest BCUT2D eigenvalue weighted by Crippen LogP contribution is -1.94. The van der Waals surface area contributed by atoms with E-state index in [0.29, 0.717) is 0 Å². The summed E-state index contributed by atoms with van der Waals surface area (Å²) in [4.78, 5) is 0. The zero-order chi connectivity index (χ0) is 12.4. The highest BCUT2D eigenvalue weighted by Crippen LogP contribution is 2.29. The van der Waals surface area contributed by atoms with E-state index in [1.807, 2.05) is 33.3 Å². The van der Waals surface area contributed by atoms with Crippen molar-refractivity contribution in [2.24, 2.45) is 0 Å². The average molecular weight is 269 g/mol. The molecule has 0 aliphatic rings. The van der Waals surface area contributed by atoms with Crippen molar-refractivity contribution in [2.45, 2.75) is 76.4 Å². The van der Waals surface area contributed by atoms with E-state index < -0.39 is 0 Å². The lowest BCUT2D eigenvalue weighted by molar-refractivity contribution is 1.05. The van der Waals surface area contributed by atoms with Crippen LogP contribution in [0.15, 0.2) is 0 Å². The molecule has 0 bridgehead atoms. The van der Waals surface area contributed by atoms with Crippen LogP contribution in [0.4, 0.5) is 0 Å². The molecule has 0 heterocycles. The van der Waals surface area contributed by atoms with E-state index in [2.05, 4.69) is 55.4 Å². The summed E-state index contributed by atoms with van der Waals surface area (Å²) in [5.74, 6) is 0. The van der Waals surface area contributed by atoms with Crippen LogP contribution in [0, 0.1) is 0 Å². The molecule has 94 valence electrons. The second-order valence-corrected chi connectivity index (χ2v) is 10.1. The van der Waals surface area contributed by atoms with Crippen molar-refractivity contribution in [3.63, 3.8) is 0 Å². The van der Waals surface area contributed by atoms with Crippen LogP contribution >= 0.6 is 33.3 Å². The van der Waals surface area contributed by atoms with Gasteiger partial charge in [-0.15, -0.1) is 0 Å². The van der Waals surface area contributed by atoms with Gasteiger partial charge in [-0.2, -0.15) is 11.8 Å². The van der Waals surface area contributed by atoms with Gasteiger partial charge >= 0.3 is 0 Å². The second-order valence-electron chi connectivity index (χ2n) is 4.52. The van der Waals surface area contributed by atoms with Crippen molar-refractivity contribution < 1.29 is 0 Å². The van der Waals surface area contributed by atoms with Crippen LogP contribution in [0.2, 0.25) is 0 Å². The van der Waals surface area contributed by atoms with E-state index in [9.17, 15) is 0 Å². The van der Waals surface area contributed by atoms with Crippen LogP contribution in [0.25, 0.3) is 0 Å². The molecule has 0 aliphatic carbocycles. The maximum Gasteiger partial charge on any atom is 0.00945 e. The van der Waals surface area contributed by atoms with Crippen molar-refractivity contribution in [1.29, 1.82) is 0 Å². The Labute approximate surface area is 110 Å². The summed E-state index contributed by atoms with van der Waals surface area (Å²) in [5.41, 5.74) is 0. The van der Waals surface area contributed by atoms with Gasteiger partial charge in [0.05, 0.1) is 0 Å². The van der Waals surface area contributed by atoms with Gasteiger partial charge in [0.25, 0.3) is 0 Å². The number of thioether (sulfide) groups is 1. The van der Waals surface area contributed by atoms with Gasteiger partial charge in [-0.1, -0.05) is 77.0 Å². The Kier molecular flexibility index (Phi) is 14.2. The zero-order valence-electron chi connectivity index (χ0n) is 11.5. The summed E-state index contributed by atoms with van der Waals surface area (Å²) < 4.78 is 0. The summed E-state index contributed by atoms with van der Waals surface area (Å²) in [6.07, 6.45) is 0. The van der Waals surface area contributed by atoms with Crippen molar-refractivity contribution in [3.05, 3.63) is 0 Å². The predicted molar refractivity (Wildman–Crippen MR) is 83.3 cm³/mol. The number of hydrogen-bond donors (Lipinski definition) is 0. The van der Waals surface area contributed by atoms with E-state index in [1.165, 1.54) is 0 Å². The first-order chi connectivity index (χ1) is 6.75. The van der Waals surface area contributed by atoms with Crippen LogP contribution < -0.4 is 0 Å². The Bertz CT molecular complexity index is 106.